The number of benzene rings is 2. The molecule has 7 heteroatoms. The van der Waals surface area contributed by atoms with E-state index in [2.05, 4.69) is 53.1 Å². The maximum absolute atomic E-state index is 4.66. The summed E-state index contributed by atoms with van der Waals surface area (Å²) in [5, 5.41) is 11.0. The zero-order valence-electron chi connectivity index (χ0n) is 13.9. The summed E-state index contributed by atoms with van der Waals surface area (Å²) < 4.78 is 0. The fourth-order valence-corrected chi connectivity index (χ4v) is 2.39. The molecule has 2 heterocycles. The number of hydrogen-bond donors (Lipinski definition) is 2. The van der Waals surface area contributed by atoms with Crippen LogP contribution in [0.2, 0.25) is 0 Å². The number of anilines is 2. The Hall–Kier alpha value is -2.55. The van der Waals surface area contributed by atoms with Gasteiger partial charge in [-0.1, -0.05) is 65.1 Å². The fourth-order valence-electron chi connectivity index (χ4n) is 2.39. The van der Waals surface area contributed by atoms with Crippen LogP contribution in [-0.4, -0.2) is 30.1 Å². The molecule has 4 aromatic rings. The van der Waals surface area contributed by atoms with Gasteiger partial charge in [0.05, 0.1) is 5.52 Å². The highest BCUT2D eigenvalue weighted by atomic mass is 127. The van der Waals surface area contributed by atoms with E-state index in [-0.39, 0.29) is 0 Å². The first-order chi connectivity index (χ1) is 12.3. The van der Waals surface area contributed by atoms with Crippen LogP contribution in [0.15, 0.2) is 54.6 Å². The zero-order valence-corrected chi connectivity index (χ0v) is 16.0. The highest BCUT2D eigenvalue weighted by Crippen LogP contribution is 2.26. The lowest BCUT2D eigenvalue weighted by Crippen LogP contribution is -2.00. The quantitative estimate of drug-likeness (QED) is 0.359. The Morgan fingerprint density at radius 3 is 2.32 bits per heavy atom. The van der Waals surface area contributed by atoms with Gasteiger partial charge in [-0.3, -0.25) is 5.10 Å². The number of hydrogen-bond acceptors (Lipinski definition) is 5. The number of nitrogens with one attached hydrogen (secondary N) is 2. The molecule has 0 unspecified atom stereocenters. The number of fused-ring (bicyclic) bond motifs is 1. The van der Waals surface area contributed by atoms with Gasteiger partial charge in [-0.05, 0) is 24.0 Å². The van der Waals surface area contributed by atoms with Crippen molar-refractivity contribution < 1.29 is 0 Å². The number of alkyl halides is 1. The Balaban J connectivity index is 0.000000880. The molecule has 0 amide bonds. The van der Waals surface area contributed by atoms with Crippen molar-refractivity contribution in [1.82, 2.24) is 25.1 Å². The molecule has 0 atom stereocenters. The first-order valence-electron chi connectivity index (χ1n) is 7.65. The lowest BCUT2D eigenvalue weighted by molar-refractivity contribution is 1.04. The SMILES string of the molecule is CI.Cc1nc(Nc2nc(-c3ccccc3)nc3ccccc23)n[nH]1. The van der Waals surface area contributed by atoms with Crippen LogP contribution in [0.3, 0.4) is 0 Å². The predicted molar refractivity (Wildman–Crippen MR) is 109 cm³/mol. The molecule has 0 aliphatic carbocycles. The maximum Gasteiger partial charge on any atom is 0.247 e. The van der Waals surface area contributed by atoms with E-state index in [4.69, 9.17) is 0 Å². The van der Waals surface area contributed by atoms with Gasteiger partial charge in [0, 0.05) is 10.9 Å². The summed E-state index contributed by atoms with van der Waals surface area (Å²) in [6, 6.07) is 17.8. The Morgan fingerprint density at radius 2 is 1.60 bits per heavy atom. The molecule has 4 rings (SSSR count). The molecular formula is C18H17IN6. The number of rotatable bonds is 3. The third-order valence-corrected chi connectivity index (χ3v) is 3.46. The van der Waals surface area contributed by atoms with E-state index >= 15 is 0 Å². The van der Waals surface area contributed by atoms with E-state index in [1.54, 1.807) is 0 Å². The third kappa shape index (κ3) is 3.93. The normalized spacial score (nSPS) is 10.2. The molecule has 25 heavy (non-hydrogen) atoms. The molecule has 6 nitrogen and oxygen atoms in total. The first kappa shape index (κ1) is 17.3. The molecule has 0 fully saturated rings. The monoisotopic (exact) mass is 444 g/mol. The van der Waals surface area contributed by atoms with Crippen molar-refractivity contribution in [1.29, 1.82) is 0 Å². The van der Waals surface area contributed by atoms with Crippen molar-refractivity contribution >= 4 is 45.3 Å². The molecule has 0 aliphatic rings. The van der Waals surface area contributed by atoms with Crippen LogP contribution in [0, 0.1) is 6.92 Å². The predicted octanol–water partition coefficient (Wildman–Crippen LogP) is 4.52. The summed E-state index contributed by atoms with van der Waals surface area (Å²) in [5.41, 5.74) is 1.84. The van der Waals surface area contributed by atoms with Crippen molar-refractivity contribution in [2.24, 2.45) is 0 Å². The van der Waals surface area contributed by atoms with Gasteiger partial charge in [-0.25, -0.2) is 9.97 Å². The second-order valence-electron chi connectivity index (χ2n) is 5.15. The van der Waals surface area contributed by atoms with Crippen LogP contribution in [0.25, 0.3) is 22.3 Å². The van der Waals surface area contributed by atoms with E-state index in [1.165, 1.54) is 0 Å². The Kier molecular flexibility index (Phi) is 5.54. The van der Waals surface area contributed by atoms with Gasteiger partial charge in [0.25, 0.3) is 0 Å². The van der Waals surface area contributed by atoms with Crippen molar-refractivity contribution in [3.05, 3.63) is 60.4 Å². The second kappa shape index (κ2) is 8.02. The third-order valence-electron chi connectivity index (χ3n) is 3.46. The van der Waals surface area contributed by atoms with Gasteiger partial charge >= 0.3 is 0 Å². The zero-order chi connectivity index (χ0) is 17.6. The minimum atomic E-state index is 0.491. The molecule has 0 saturated heterocycles. The molecule has 2 aromatic carbocycles. The highest BCUT2D eigenvalue weighted by Gasteiger charge is 2.10. The lowest BCUT2D eigenvalue weighted by Gasteiger charge is -2.08. The number of halogens is 1. The summed E-state index contributed by atoms with van der Waals surface area (Å²) in [7, 11) is 0. The standard InChI is InChI=1S/C17H14N6.CH3I/c1-11-18-17(23-22-11)21-16-13-9-5-6-10-14(13)19-15(20-16)12-7-3-2-4-8-12;1-2/h2-10H,1H3,(H2,18,19,20,21,22,23);1H3. The molecule has 126 valence electrons. The van der Waals surface area contributed by atoms with E-state index in [0.29, 0.717) is 17.6 Å². The van der Waals surface area contributed by atoms with Crippen LogP contribution in [0.5, 0.6) is 0 Å². The topological polar surface area (TPSA) is 79.4 Å². The van der Waals surface area contributed by atoms with Gasteiger partial charge in [-0.15, -0.1) is 5.10 Å². The minimum Gasteiger partial charge on any atom is -0.307 e. The molecule has 2 aromatic heterocycles. The summed E-state index contributed by atoms with van der Waals surface area (Å²) in [6.07, 6.45) is 0. The van der Waals surface area contributed by atoms with Gasteiger partial charge < -0.3 is 5.32 Å². The number of aromatic nitrogens is 5. The van der Waals surface area contributed by atoms with Crippen LogP contribution < -0.4 is 5.32 Å². The number of aryl methyl sites for hydroxylation is 1. The number of nitrogens with zero attached hydrogens (tertiary/aromatic N) is 4. The number of H-pyrrole nitrogens is 1. The average Bonchev–Trinajstić information content (AvgIpc) is 3.09. The molecule has 0 bridgehead atoms. The maximum atomic E-state index is 4.66. The van der Waals surface area contributed by atoms with Gasteiger partial charge in [0.1, 0.15) is 11.6 Å². The van der Waals surface area contributed by atoms with E-state index in [0.717, 1.165) is 22.3 Å². The Labute approximate surface area is 159 Å². The van der Waals surface area contributed by atoms with E-state index in [1.807, 2.05) is 66.5 Å². The fraction of sp³-hybridized carbons (Fsp3) is 0.111. The Bertz CT molecular complexity index is 968. The summed E-state index contributed by atoms with van der Waals surface area (Å²) in [5.74, 6) is 2.59. The van der Waals surface area contributed by atoms with Gasteiger partial charge in [-0.2, -0.15) is 4.98 Å². The van der Waals surface area contributed by atoms with Crippen molar-refractivity contribution in [3.8, 4) is 11.4 Å². The van der Waals surface area contributed by atoms with Crippen LogP contribution >= 0.6 is 22.6 Å². The Morgan fingerprint density at radius 1 is 0.880 bits per heavy atom. The number of para-hydroxylation sites is 1. The largest absolute Gasteiger partial charge is 0.307 e. The van der Waals surface area contributed by atoms with Crippen molar-refractivity contribution in [3.63, 3.8) is 0 Å². The summed E-state index contributed by atoms with van der Waals surface area (Å²) >= 11 is 2.15. The molecule has 0 saturated carbocycles. The van der Waals surface area contributed by atoms with Gasteiger partial charge in [0.15, 0.2) is 5.82 Å². The van der Waals surface area contributed by atoms with Crippen molar-refractivity contribution in [2.45, 2.75) is 6.92 Å². The molecule has 0 spiro atoms. The summed E-state index contributed by atoms with van der Waals surface area (Å²) in [6.45, 7) is 1.85. The van der Waals surface area contributed by atoms with Crippen molar-refractivity contribution in [2.75, 3.05) is 10.2 Å². The van der Waals surface area contributed by atoms with Crippen LogP contribution in [0.4, 0.5) is 11.8 Å². The van der Waals surface area contributed by atoms with E-state index in [9.17, 15) is 0 Å². The molecular weight excluding hydrogens is 427 g/mol. The number of aromatic amines is 1. The molecule has 2 N–H and O–H groups in total. The highest BCUT2D eigenvalue weighted by molar-refractivity contribution is 14.1. The first-order valence-corrected chi connectivity index (χ1v) is 9.81. The molecule has 0 aliphatic heterocycles. The molecule has 0 radical (unpaired) electrons. The minimum absolute atomic E-state index is 0.491. The summed E-state index contributed by atoms with van der Waals surface area (Å²) in [4.78, 5) is 15.6. The average molecular weight is 444 g/mol. The lowest BCUT2D eigenvalue weighted by atomic mass is 10.2. The van der Waals surface area contributed by atoms with Crippen LogP contribution in [-0.2, 0) is 0 Å². The second-order valence-corrected chi connectivity index (χ2v) is 5.15. The van der Waals surface area contributed by atoms with Gasteiger partial charge in [0.2, 0.25) is 5.95 Å². The smallest absolute Gasteiger partial charge is 0.247 e. The van der Waals surface area contributed by atoms with Crippen LogP contribution in [0.1, 0.15) is 5.82 Å². The van der Waals surface area contributed by atoms with E-state index < -0.39 is 0 Å².